The quantitative estimate of drug-likeness (QED) is 0.680. The first-order valence-corrected chi connectivity index (χ1v) is 8.55. The van der Waals surface area contributed by atoms with Gasteiger partial charge < -0.3 is 4.74 Å². The van der Waals surface area contributed by atoms with Crippen LogP contribution in [0.4, 0.5) is 0 Å². The number of carbonyl (C=O) groups is 1. The largest absolute Gasteiger partial charge is 0.466 e. The Morgan fingerprint density at radius 3 is 3.18 bits per heavy atom. The Morgan fingerprint density at radius 1 is 1.50 bits per heavy atom. The molecular formula is C17H18N2O2S. The molecule has 0 N–H and O–H groups in total. The second kappa shape index (κ2) is 5.09. The summed E-state index contributed by atoms with van der Waals surface area (Å²) in [6, 6.07) is 6.49. The number of hydrogen-bond acceptors (Lipinski definition) is 4. The lowest BCUT2D eigenvalue weighted by Gasteiger charge is -2.20. The molecule has 0 radical (unpaired) electrons. The third-order valence-corrected chi connectivity index (χ3v) is 5.37. The number of nitrogens with zero attached hydrogens (tertiary/aromatic N) is 2. The van der Waals surface area contributed by atoms with Crippen LogP contribution in [0.1, 0.15) is 30.3 Å². The zero-order valence-corrected chi connectivity index (χ0v) is 13.6. The van der Waals surface area contributed by atoms with Crippen LogP contribution >= 0.6 is 11.3 Å². The first kappa shape index (κ1) is 13.8. The molecule has 22 heavy (non-hydrogen) atoms. The van der Waals surface area contributed by atoms with E-state index in [0.29, 0.717) is 6.61 Å². The highest BCUT2D eigenvalue weighted by atomic mass is 32.1. The third kappa shape index (κ3) is 2.03. The fourth-order valence-electron chi connectivity index (χ4n) is 3.29. The van der Waals surface area contributed by atoms with Gasteiger partial charge in [-0.2, -0.15) is 0 Å². The highest BCUT2D eigenvalue weighted by Crippen LogP contribution is 2.34. The molecule has 0 fully saturated rings. The van der Waals surface area contributed by atoms with Crippen LogP contribution in [0.15, 0.2) is 18.2 Å². The van der Waals surface area contributed by atoms with E-state index < -0.39 is 0 Å². The van der Waals surface area contributed by atoms with Gasteiger partial charge in [-0.15, -0.1) is 0 Å². The second-order valence-electron chi connectivity index (χ2n) is 5.89. The molecule has 1 aliphatic carbocycles. The number of aryl methyl sites for hydroxylation is 2. The molecular weight excluding hydrogens is 296 g/mol. The van der Waals surface area contributed by atoms with Crippen LogP contribution in [-0.4, -0.2) is 22.0 Å². The van der Waals surface area contributed by atoms with Crippen LogP contribution in [0.5, 0.6) is 0 Å². The fraction of sp³-hybridized carbons (Fsp3) is 0.412. The molecule has 0 spiro atoms. The highest BCUT2D eigenvalue weighted by molar-refractivity contribution is 7.23. The van der Waals surface area contributed by atoms with Gasteiger partial charge >= 0.3 is 5.97 Å². The molecule has 114 valence electrons. The van der Waals surface area contributed by atoms with E-state index in [-0.39, 0.29) is 11.9 Å². The van der Waals surface area contributed by atoms with Gasteiger partial charge in [0.25, 0.3) is 0 Å². The zero-order valence-electron chi connectivity index (χ0n) is 12.8. The number of aromatic nitrogens is 2. The summed E-state index contributed by atoms with van der Waals surface area (Å²) >= 11 is 1.72. The Balaban J connectivity index is 1.82. The van der Waals surface area contributed by atoms with Crippen LogP contribution in [0.3, 0.4) is 0 Å². The summed E-state index contributed by atoms with van der Waals surface area (Å²) in [5, 5.41) is 0. The van der Waals surface area contributed by atoms with E-state index in [1.54, 1.807) is 11.3 Å². The summed E-state index contributed by atoms with van der Waals surface area (Å²) in [4.78, 5) is 17.9. The summed E-state index contributed by atoms with van der Waals surface area (Å²) in [6.45, 7) is 4.41. The zero-order chi connectivity index (χ0) is 15.3. The molecule has 3 aromatic rings. The first-order chi connectivity index (χ1) is 10.7. The SMILES string of the molecule is CCOC(=O)C1CCc2nc3sc4cc(C)ccc4n3c2C1. The van der Waals surface area contributed by atoms with Gasteiger partial charge in [0.15, 0.2) is 4.96 Å². The number of carbonyl (C=O) groups excluding carboxylic acids is 1. The molecule has 0 saturated carbocycles. The molecule has 0 saturated heterocycles. The van der Waals surface area contributed by atoms with Crippen LogP contribution < -0.4 is 0 Å². The van der Waals surface area contributed by atoms with Crippen molar-refractivity contribution in [3.63, 3.8) is 0 Å². The summed E-state index contributed by atoms with van der Waals surface area (Å²) in [6.07, 6.45) is 2.43. The number of ether oxygens (including phenoxy) is 1. The van der Waals surface area contributed by atoms with Crippen LogP contribution in [0.25, 0.3) is 15.2 Å². The molecule has 1 aliphatic rings. The van der Waals surface area contributed by atoms with Crippen LogP contribution in [0.2, 0.25) is 0 Å². The number of hydrogen-bond donors (Lipinski definition) is 0. The normalized spacial score (nSPS) is 17.8. The Bertz CT molecular complexity index is 878. The average molecular weight is 314 g/mol. The number of imidazole rings is 1. The standard InChI is InChI=1S/C17H18N2O2S/c1-3-21-16(20)11-5-6-12-14(9-11)19-13-7-4-10(2)8-15(13)22-17(19)18-12/h4,7-8,11H,3,5-6,9H2,1-2H3. The molecule has 1 unspecified atom stereocenters. The topological polar surface area (TPSA) is 43.6 Å². The molecule has 1 aromatic carbocycles. The predicted octanol–water partition coefficient (Wildman–Crippen LogP) is 3.53. The van der Waals surface area contributed by atoms with Gasteiger partial charge in [-0.1, -0.05) is 17.4 Å². The molecule has 5 heteroatoms. The van der Waals surface area contributed by atoms with Gasteiger partial charge in [0.2, 0.25) is 0 Å². The van der Waals surface area contributed by atoms with E-state index >= 15 is 0 Å². The van der Waals surface area contributed by atoms with E-state index in [1.165, 1.54) is 21.5 Å². The highest BCUT2D eigenvalue weighted by Gasteiger charge is 2.30. The maximum absolute atomic E-state index is 12.1. The van der Waals surface area contributed by atoms with E-state index in [0.717, 1.165) is 29.9 Å². The second-order valence-corrected chi connectivity index (χ2v) is 6.90. The average Bonchev–Trinajstić information content (AvgIpc) is 3.01. The number of benzene rings is 1. The van der Waals surface area contributed by atoms with Gasteiger partial charge in [-0.25, -0.2) is 4.98 Å². The van der Waals surface area contributed by atoms with Gasteiger partial charge in [0.05, 0.1) is 28.4 Å². The van der Waals surface area contributed by atoms with Crippen LogP contribution in [0, 0.1) is 12.8 Å². The molecule has 4 rings (SSSR count). The maximum atomic E-state index is 12.1. The number of esters is 1. The van der Waals surface area contributed by atoms with Gasteiger partial charge in [0, 0.05) is 12.1 Å². The summed E-state index contributed by atoms with van der Waals surface area (Å²) in [5.41, 5.74) is 4.79. The minimum absolute atomic E-state index is 0.0345. The molecule has 4 nitrogen and oxygen atoms in total. The Morgan fingerprint density at radius 2 is 2.36 bits per heavy atom. The van der Waals surface area contributed by atoms with E-state index in [4.69, 9.17) is 9.72 Å². The molecule has 0 bridgehead atoms. The Kier molecular flexibility index (Phi) is 3.18. The number of fused-ring (bicyclic) bond motifs is 5. The summed E-state index contributed by atoms with van der Waals surface area (Å²) in [7, 11) is 0. The van der Waals surface area contributed by atoms with Crippen molar-refractivity contribution in [2.24, 2.45) is 5.92 Å². The fourth-order valence-corrected chi connectivity index (χ4v) is 4.46. The minimum atomic E-state index is -0.0709. The van der Waals surface area contributed by atoms with Crippen molar-refractivity contribution in [1.82, 2.24) is 9.38 Å². The lowest BCUT2D eigenvalue weighted by atomic mass is 9.90. The Labute approximate surface area is 132 Å². The van der Waals surface area contributed by atoms with Crippen molar-refractivity contribution < 1.29 is 9.53 Å². The monoisotopic (exact) mass is 314 g/mol. The summed E-state index contributed by atoms with van der Waals surface area (Å²) < 4.78 is 8.69. The smallest absolute Gasteiger partial charge is 0.309 e. The van der Waals surface area contributed by atoms with Crippen LogP contribution in [-0.2, 0) is 22.4 Å². The summed E-state index contributed by atoms with van der Waals surface area (Å²) in [5.74, 6) is -0.105. The van der Waals surface area contributed by atoms with Crippen molar-refractivity contribution in [1.29, 1.82) is 0 Å². The maximum Gasteiger partial charge on any atom is 0.309 e. The van der Waals surface area contributed by atoms with Crippen molar-refractivity contribution in [2.75, 3.05) is 6.61 Å². The number of thiazole rings is 1. The molecule has 0 aliphatic heterocycles. The molecule has 2 heterocycles. The molecule has 1 atom stereocenters. The predicted molar refractivity (Wildman–Crippen MR) is 87.5 cm³/mol. The van der Waals surface area contributed by atoms with Crippen molar-refractivity contribution in [3.05, 3.63) is 35.2 Å². The van der Waals surface area contributed by atoms with Crippen molar-refractivity contribution in [3.8, 4) is 0 Å². The van der Waals surface area contributed by atoms with Gasteiger partial charge in [-0.05, 0) is 44.4 Å². The van der Waals surface area contributed by atoms with E-state index in [1.807, 2.05) is 6.92 Å². The van der Waals surface area contributed by atoms with Gasteiger partial charge in [0.1, 0.15) is 0 Å². The Hall–Kier alpha value is -1.88. The minimum Gasteiger partial charge on any atom is -0.466 e. The van der Waals surface area contributed by atoms with E-state index in [9.17, 15) is 4.79 Å². The third-order valence-electron chi connectivity index (χ3n) is 4.37. The van der Waals surface area contributed by atoms with Crippen molar-refractivity contribution in [2.45, 2.75) is 33.1 Å². The number of rotatable bonds is 2. The lowest BCUT2D eigenvalue weighted by molar-refractivity contribution is -0.148. The molecule has 2 aromatic heterocycles. The molecule has 0 amide bonds. The van der Waals surface area contributed by atoms with Crippen molar-refractivity contribution >= 4 is 32.5 Å². The van der Waals surface area contributed by atoms with Gasteiger partial charge in [-0.3, -0.25) is 9.20 Å². The lowest BCUT2D eigenvalue weighted by Crippen LogP contribution is -2.25. The van der Waals surface area contributed by atoms with E-state index in [2.05, 4.69) is 29.5 Å². The first-order valence-electron chi connectivity index (χ1n) is 7.73.